The van der Waals surface area contributed by atoms with E-state index < -0.39 is 11.6 Å². The summed E-state index contributed by atoms with van der Waals surface area (Å²) < 4.78 is 29.0. The van der Waals surface area contributed by atoms with Crippen LogP contribution in [0.15, 0.2) is 48.4 Å². The van der Waals surface area contributed by atoms with Crippen LogP contribution >= 0.6 is 22.6 Å². The molecule has 0 radical (unpaired) electrons. The van der Waals surface area contributed by atoms with Crippen LogP contribution in [-0.4, -0.2) is 12.2 Å². The van der Waals surface area contributed by atoms with Crippen LogP contribution in [0.1, 0.15) is 12.5 Å². The van der Waals surface area contributed by atoms with Gasteiger partial charge in [-0.15, -0.1) is 0 Å². The highest BCUT2D eigenvalue weighted by Crippen LogP contribution is 2.43. The molecule has 0 unspecified atom stereocenters. The minimum Gasteiger partial charge on any atom is -0.505 e. The van der Waals surface area contributed by atoms with Gasteiger partial charge in [0.15, 0.2) is 0 Å². The quantitative estimate of drug-likeness (QED) is 0.600. The summed E-state index contributed by atoms with van der Waals surface area (Å²) in [4.78, 5) is 1.68. The Labute approximate surface area is 152 Å². The molecule has 1 aliphatic heterocycles. The molecule has 3 nitrogen and oxygen atoms in total. The fourth-order valence-electron chi connectivity index (χ4n) is 2.68. The van der Waals surface area contributed by atoms with Gasteiger partial charge in [-0.3, -0.25) is 0 Å². The van der Waals surface area contributed by atoms with E-state index >= 15 is 0 Å². The molecule has 2 aromatic rings. The Balaban J connectivity index is 2.15. The number of halogens is 3. The summed E-state index contributed by atoms with van der Waals surface area (Å²) >= 11 is 2.02. The van der Waals surface area contributed by atoms with Gasteiger partial charge in [-0.1, -0.05) is 6.58 Å². The smallest absolute Gasteiger partial charge is 0.147 e. The van der Waals surface area contributed by atoms with Crippen LogP contribution in [-0.2, 0) is 0 Å². The van der Waals surface area contributed by atoms with Crippen LogP contribution in [0.25, 0.3) is 5.57 Å². The van der Waals surface area contributed by atoms with Gasteiger partial charge in [0, 0.05) is 21.8 Å². The Morgan fingerprint density at radius 1 is 1.17 bits per heavy atom. The van der Waals surface area contributed by atoms with Crippen LogP contribution in [0.5, 0.6) is 0 Å². The highest BCUT2D eigenvalue weighted by Gasteiger charge is 2.27. The zero-order valence-corrected chi connectivity index (χ0v) is 15.3. The number of rotatable bonds is 2. The van der Waals surface area contributed by atoms with Gasteiger partial charge < -0.3 is 15.3 Å². The molecule has 1 heterocycles. The van der Waals surface area contributed by atoms with Gasteiger partial charge in [0.05, 0.1) is 22.8 Å². The van der Waals surface area contributed by atoms with Crippen molar-refractivity contribution in [1.29, 1.82) is 0 Å². The van der Waals surface area contributed by atoms with Crippen molar-refractivity contribution in [2.45, 2.75) is 6.92 Å². The largest absolute Gasteiger partial charge is 0.505 e. The van der Waals surface area contributed by atoms with Crippen molar-refractivity contribution in [3.8, 4) is 0 Å². The lowest BCUT2D eigenvalue weighted by Crippen LogP contribution is -2.23. The maximum atomic E-state index is 14.1. The van der Waals surface area contributed by atoms with Crippen LogP contribution in [0.4, 0.5) is 25.8 Å². The van der Waals surface area contributed by atoms with E-state index in [1.165, 1.54) is 18.2 Å². The van der Waals surface area contributed by atoms with Gasteiger partial charge in [0.2, 0.25) is 0 Å². The van der Waals surface area contributed by atoms with E-state index in [0.717, 1.165) is 3.57 Å². The van der Waals surface area contributed by atoms with Crippen LogP contribution in [0, 0.1) is 15.2 Å². The minimum atomic E-state index is -0.462. The van der Waals surface area contributed by atoms with Crippen molar-refractivity contribution in [3.63, 3.8) is 0 Å². The van der Waals surface area contributed by atoms with E-state index in [2.05, 4.69) is 11.9 Å². The summed E-state index contributed by atoms with van der Waals surface area (Å²) in [5.41, 5.74) is 2.62. The highest BCUT2D eigenvalue weighted by molar-refractivity contribution is 14.1. The first-order valence-corrected chi connectivity index (χ1v) is 8.26. The molecule has 0 amide bonds. The summed E-state index contributed by atoms with van der Waals surface area (Å²) in [6.07, 6.45) is 0. The standard InChI is InChI=1S/C18H15F2IN2O/c1-9-17-15(22-14-5-4-12(21)8-13(14)20)6-11(19)7-16(17)23(3)10(2)18(9)24/h4-8,22,24H,1H2,2-3H3. The fourth-order valence-corrected chi connectivity index (χ4v) is 3.14. The number of aliphatic hydroxyl groups excluding tert-OH is 1. The van der Waals surface area contributed by atoms with Crippen molar-refractivity contribution in [1.82, 2.24) is 0 Å². The molecular weight excluding hydrogens is 425 g/mol. The number of anilines is 3. The normalized spacial score (nSPS) is 14.0. The molecule has 124 valence electrons. The molecule has 0 atom stereocenters. The number of fused-ring (bicyclic) bond motifs is 1. The lowest BCUT2D eigenvalue weighted by atomic mass is 9.95. The predicted octanol–water partition coefficient (Wildman–Crippen LogP) is 5.57. The monoisotopic (exact) mass is 440 g/mol. The maximum Gasteiger partial charge on any atom is 0.147 e. The van der Waals surface area contributed by atoms with Gasteiger partial charge in [0.1, 0.15) is 17.4 Å². The third-order valence-electron chi connectivity index (χ3n) is 4.08. The zero-order chi connectivity index (χ0) is 17.6. The summed E-state index contributed by atoms with van der Waals surface area (Å²) in [6, 6.07) is 7.36. The van der Waals surface area contributed by atoms with Crippen molar-refractivity contribution < 1.29 is 13.9 Å². The number of aliphatic hydroxyl groups is 1. The third-order valence-corrected chi connectivity index (χ3v) is 4.75. The highest BCUT2D eigenvalue weighted by atomic mass is 127. The number of nitrogens with zero attached hydrogens (tertiary/aromatic N) is 1. The lowest BCUT2D eigenvalue weighted by molar-refractivity contribution is 0.428. The summed E-state index contributed by atoms with van der Waals surface area (Å²) in [7, 11) is 1.73. The van der Waals surface area contributed by atoms with Crippen LogP contribution < -0.4 is 10.2 Å². The molecular formula is C18H15F2IN2O. The molecule has 0 spiro atoms. The number of benzene rings is 2. The fraction of sp³-hybridized carbons (Fsp3) is 0.111. The Bertz CT molecular complexity index is 893. The van der Waals surface area contributed by atoms with Gasteiger partial charge >= 0.3 is 0 Å². The second-order valence-corrected chi connectivity index (χ2v) is 6.81. The Morgan fingerprint density at radius 3 is 2.54 bits per heavy atom. The Hall–Kier alpha value is -2.09. The first kappa shape index (κ1) is 16.8. The van der Waals surface area contributed by atoms with E-state index in [0.29, 0.717) is 28.2 Å². The summed E-state index contributed by atoms with van der Waals surface area (Å²) in [5.74, 6) is -0.871. The molecule has 24 heavy (non-hydrogen) atoms. The Morgan fingerprint density at radius 2 is 1.88 bits per heavy atom. The number of hydrogen-bond donors (Lipinski definition) is 2. The number of nitrogens with one attached hydrogen (secondary N) is 1. The molecule has 0 bridgehead atoms. The maximum absolute atomic E-state index is 14.1. The topological polar surface area (TPSA) is 35.5 Å². The van der Waals surface area contributed by atoms with E-state index in [-0.39, 0.29) is 11.4 Å². The van der Waals surface area contributed by atoms with Gasteiger partial charge in [0.25, 0.3) is 0 Å². The first-order chi connectivity index (χ1) is 11.3. The minimum absolute atomic E-state index is 0.0303. The van der Waals surface area contributed by atoms with Gasteiger partial charge in [-0.2, -0.15) is 0 Å². The van der Waals surface area contributed by atoms with Gasteiger partial charge in [-0.25, -0.2) is 8.78 Å². The summed E-state index contributed by atoms with van der Waals surface area (Å²) in [6.45, 7) is 5.62. The number of allylic oxidation sites excluding steroid dienone is 2. The Kier molecular flexibility index (Phi) is 4.25. The van der Waals surface area contributed by atoms with E-state index in [1.54, 1.807) is 31.0 Å². The van der Waals surface area contributed by atoms with Crippen molar-refractivity contribution >= 4 is 45.2 Å². The van der Waals surface area contributed by atoms with E-state index in [9.17, 15) is 13.9 Å². The molecule has 1 aliphatic rings. The van der Waals surface area contributed by atoms with E-state index in [4.69, 9.17) is 0 Å². The molecule has 0 aromatic heterocycles. The first-order valence-electron chi connectivity index (χ1n) is 7.18. The zero-order valence-electron chi connectivity index (χ0n) is 13.1. The second-order valence-electron chi connectivity index (χ2n) is 5.57. The second kappa shape index (κ2) is 6.08. The molecule has 2 aromatic carbocycles. The molecule has 3 rings (SSSR count). The molecule has 0 saturated heterocycles. The average Bonchev–Trinajstić information content (AvgIpc) is 2.53. The predicted molar refractivity (Wildman–Crippen MR) is 102 cm³/mol. The van der Waals surface area contributed by atoms with Crippen LogP contribution in [0.3, 0.4) is 0 Å². The van der Waals surface area contributed by atoms with Gasteiger partial charge in [-0.05, 0) is 59.8 Å². The van der Waals surface area contributed by atoms with Crippen molar-refractivity contribution in [2.75, 3.05) is 17.3 Å². The SMILES string of the molecule is C=C1C(O)=C(C)N(C)c2cc(F)cc(Nc3ccc(I)cc3F)c21. The molecule has 0 saturated carbocycles. The van der Waals surface area contributed by atoms with Crippen molar-refractivity contribution in [2.24, 2.45) is 0 Å². The molecule has 2 N–H and O–H groups in total. The van der Waals surface area contributed by atoms with Crippen molar-refractivity contribution in [3.05, 3.63) is 69.1 Å². The van der Waals surface area contributed by atoms with E-state index in [1.807, 2.05) is 22.6 Å². The number of hydrogen-bond acceptors (Lipinski definition) is 3. The summed E-state index contributed by atoms with van der Waals surface area (Å²) in [5, 5.41) is 13.2. The third kappa shape index (κ3) is 2.75. The van der Waals surface area contributed by atoms with Crippen LogP contribution in [0.2, 0.25) is 0 Å². The molecule has 0 aliphatic carbocycles. The average molecular weight is 440 g/mol. The molecule has 0 fully saturated rings. The lowest BCUT2D eigenvalue weighted by Gasteiger charge is -2.31. The molecule has 6 heteroatoms.